The molecule has 1 aromatic rings. The Morgan fingerprint density at radius 2 is 1.86 bits per heavy atom. The van der Waals surface area contributed by atoms with Crippen LogP contribution in [0.5, 0.6) is 0 Å². The summed E-state index contributed by atoms with van der Waals surface area (Å²) in [5, 5.41) is 13.8. The summed E-state index contributed by atoms with van der Waals surface area (Å²) in [7, 11) is 0. The van der Waals surface area contributed by atoms with Gasteiger partial charge in [-0.25, -0.2) is 4.79 Å². The molecule has 114 valence electrons. The number of nitrogens with one attached hydrogen (secondary N) is 2. The highest BCUT2D eigenvalue weighted by atomic mass is 16.4. The summed E-state index contributed by atoms with van der Waals surface area (Å²) < 4.78 is 0. The van der Waals surface area contributed by atoms with Crippen molar-refractivity contribution in [3.63, 3.8) is 0 Å². The van der Waals surface area contributed by atoms with E-state index in [4.69, 9.17) is 10.8 Å². The maximum atomic E-state index is 11.6. The predicted octanol–water partition coefficient (Wildman–Crippen LogP) is -0.738. The SMILES string of the molecule is C[C@@H](N)C(=O)NCC(=O)N[C@@H](Cc1ccccc1)C(=O)O. The maximum absolute atomic E-state index is 11.6. The van der Waals surface area contributed by atoms with Gasteiger partial charge >= 0.3 is 5.97 Å². The molecule has 7 heteroatoms. The van der Waals surface area contributed by atoms with Crippen LogP contribution in [0.4, 0.5) is 0 Å². The van der Waals surface area contributed by atoms with Crippen molar-refractivity contribution in [2.75, 3.05) is 6.54 Å². The summed E-state index contributed by atoms with van der Waals surface area (Å²) >= 11 is 0. The molecule has 0 fully saturated rings. The Bertz CT molecular complexity index is 502. The van der Waals surface area contributed by atoms with Crippen LogP contribution in [0.25, 0.3) is 0 Å². The van der Waals surface area contributed by atoms with E-state index in [-0.39, 0.29) is 13.0 Å². The summed E-state index contributed by atoms with van der Waals surface area (Å²) in [5.74, 6) is -2.18. The first kappa shape index (κ1) is 16.6. The van der Waals surface area contributed by atoms with E-state index in [2.05, 4.69) is 10.6 Å². The van der Waals surface area contributed by atoms with Gasteiger partial charge in [0, 0.05) is 6.42 Å². The highest BCUT2D eigenvalue weighted by Gasteiger charge is 2.20. The lowest BCUT2D eigenvalue weighted by molar-refractivity contribution is -0.141. The quantitative estimate of drug-likeness (QED) is 0.527. The fourth-order valence-electron chi connectivity index (χ4n) is 1.62. The fourth-order valence-corrected chi connectivity index (χ4v) is 1.62. The van der Waals surface area contributed by atoms with Crippen LogP contribution in [0.15, 0.2) is 30.3 Å². The number of hydrogen-bond donors (Lipinski definition) is 4. The second kappa shape index (κ2) is 8.01. The molecule has 5 N–H and O–H groups in total. The fraction of sp³-hybridized carbons (Fsp3) is 0.357. The van der Waals surface area contributed by atoms with Crippen LogP contribution in [0, 0.1) is 0 Å². The third-order valence-electron chi connectivity index (χ3n) is 2.75. The van der Waals surface area contributed by atoms with Crippen LogP contribution in [-0.2, 0) is 20.8 Å². The number of rotatable bonds is 7. The molecule has 0 aliphatic rings. The molecule has 0 aliphatic heterocycles. The minimum Gasteiger partial charge on any atom is -0.480 e. The van der Waals surface area contributed by atoms with Crippen LogP contribution in [0.3, 0.4) is 0 Å². The average molecular weight is 293 g/mol. The molecule has 2 amide bonds. The van der Waals surface area contributed by atoms with Gasteiger partial charge in [0.05, 0.1) is 12.6 Å². The number of amides is 2. The van der Waals surface area contributed by atoms with E-state index in [0.717, 1.165) is 5.56 Å². The van der Waals surface area contributed by atoms with E-state index in [1.54, 1.807) is 24.3 Å². The standard InChI is InChI=1S/C14H19N3O4/c1-9(15)13(19)16-8-12(18)17-11(14(20)21)7-10-5-3-2-4-6-10/h2-6,9,11H,7-8,15H2,1H3,(H,16,19)(H,17,18)(H,20,21)/t9-,11+/m1/s1. The molecule has 0 aromatic heterocycles. The molecule has 7 nitrogen and oxygen atoms in total. The van der Waals surface area contributed by atoms with E-state index in [1.807, 2.05) is 6.07 Å². The van der Waals surface area contributed by atoms with Crippen LogP contribution in [0.2, 0.25) is 0 Å². The number of carbonyl (C=O) groups excluding carboxylic acids is 2. The van der Waals surface area contributed by atoms with Crippen molar-refractivity contribution in [3.8, 4) is 0 Å². The molecule has 0 radical (unpaired) electrons. The highest BCUT2D eigenvalue weighted by molar-refractivity contribution is 5.89. The van der Waals surface area contributed by atoms with Gasteiger partial charge in [0.2, 0.25) is 11.8 Å². The van der Waals surface area contributed by atoms with Gasteiger partial charge in [0.1, 0.15) is 6.04 Å². The van der Waals surface area contributed by atoms with Crippen molar-refractivity contribution in [2.24, 2.45) is 5.73 Å². The lowest BCUT2D eigenvalue weighted by atomic mass is 10.1. The second-order valence-electron chi connectivity index (χ2n) is 4.65. The molecule has 0 unspecified atom stereocenters. The van der Waals surface area contributed by atoms with Gasteiger partial charge in [-0.3, -0.25) is 9.59 Å². The van der Waals surface area contributed by atoms with Gasteiger partial charge in [0.25, 0.3) is 0 Å². The molecule has 21 heavy (non-hydrogen) atoms. The first-order valence-corrected chi connectivity index (χ1v) is 6.49. The van der Waals surface area contributed by atoms with Crippen molar-refractivity contribution in [1.82, 2.24) is 10.6 Å². The molecule has 0 heterocycles. The first-order valence-electron chi connectivity index (χ1n) is 6.49. The molecule has 1 rings (SSSR count). The summed E-state index contributed by atoms with van der Waals surface area (Å²) in [6.45, 7) is 1.18. The molecule has 0 spiro atoms. The normalized spacial score (nSPS) is 13.0. The van der Waals surface area contributed by atoms with Gasteiger partial charge in [-0.15, -0.1) is 0 Å². The minimum absolute atomic E-state index is 0.170. The number of aliphatic carboxylic acids is 1. The molecular formula is C14H19N3O4. The number of carbonyl (C=O) groups is 3. The number of carboxylic acids is 1. The van der Waals surface area contributed by atoms with E-state index in [0.29, 0.717) is 0 Å². The zero-order valence-electron chi connectivity index (χ0n) is 11.7. The van der Waals surface area contributed by atoms with Crippen molar-refractivity contribution in [2.45, 2.75) is 25.4 Å². The molecule has 1 aromatic carbocycles. The largest absolute Gasteiger partial charge is 0.480 e. The number of hydrogen-bond acceptors (Lipinski definition) is 4. The highest BCUT2D eigenvalue weighted by Crippen LogP contribution is 2.03. The molecule has 2 atom stereocenters. The number of benzene rings is 1. The summed E-state index contributed by atoms with van der Waals surface area (Å²) in [6.07, 6.45) is 0.170. The summed E-state index contributed by atoms with van der Waals surface area (Å²) in [5.41, 5.74) is 6.13. The van der Waals surface area contributed by atoms with E-state index < -0.39 is 29.9 Å². The van der Waals surface area contributed by atoms with Crippen LogP contribution in [-0.4, -0.2) is 41.5 Å². The topological polar surface area (TPSA) is 122 Å². The van der Waals surface area contributed by atoms with Gasteiger partial charge < -0.3 is 21.5 Å². The number of carboxylic acid groups (broad SMARTS) is 1. The van der Waals surface area contributed by atoms with E-state index in [9.17, 15) is 14.4 Å². The third-order valence-corrected chi connectivity index (χ3v) is 2.75. The van der Waals surface area contributed by atoms with Crippen LogP contribution in [0.1, 0.15) is 12.5 Å². The Balaban J connectivity index is 2.53. The monoisotopic (exact) mass is 293 g/mol. The smallest absolute Gasteiger partial charge is 0.326 e. The molecule has 0 aliphatic carbocycles. The van der Waals surface area contributed by atoms with Crippen molar-refractivity contribution >= 4 is 17.8 Å². The van der Waals surface area contributed by atoms with E-state index >= 15 is 0 Å². The zero-order chi connectivity index (χ0) is 15.8. The minimum atomic E-state index is -1.13. The molecule has 0 bridgehead atoms. The number of nitrogens with two attached hydrogens (primary N) is 1. The van der Waals surface area contributed by atoms with Gasteiger partial charge in [0.15, 0.2) is 0 Å². The van der Waals surface area contributed by atoms with Crippen molar-refractivity contribution in [3.05, 3.63) is 35.9 Å². The average Bonchev–Trinajstić information content (AvgIpc) is 2.44. The Morgan fingerprint density at radius 3 is 2.38 bits per heavy atom. The molecule has 0 saturated carbocycles. The van der Waals surface area contributed by atoms with Crippen LogP contribution < -0.4 is 16.4 Å². The van der Waals surface area contributed by atoms with E-state index in [1.165, 1.54) is 6.92 Å². The van der Waals surface area contributed by atoms with Gasteiger partial charge in [-0.2, -0.15) is 0 Å². The summed E-state index contributed by atoms with van der Waals surface area (Å²) in [6, 6.07) is 7.18. The van der Waals surface area contributed by atoms with Gasteiger partial charge in [-0.1, -0.05) is 30.3 Å². The van der Waals surface area contributed by atoms with Gasteiger partial charge in [-0.05, 0) is 12.5 Å². The molecular weight excluding hydrogens is 274 g/mol. The first-order chi connectivity index (χ1) is 9.90. The van der Waals surface area contributed by atoms with Crippen molar-refractivity contribution in [1.29, 1.82) is 0 Å². The third kappa shape index (κ3) is 6.05. The summed E-state index contributed by atoms with van der Waals surface area (Å²) in [4.78, 5) is 34.0. The Hall–Kier alpha value is -2.41. The lowest BCUT2D eigenvalue weighted by Gasteiger charge is -2.15. The Labute approximate surface area is 122 Å². The van der Waals surface area contributed by atoms with Crippen molar-refractivity contribution < 1.29 is 19.5 Å². The second-order valence-corrected chi connectivity index (χ2v) is 4.65. The Morgan fingerprint density at radius 1 is 1.24 bits per heavy atom. The maximum Gasteiger partial charge on any atom is 0.326 e. The predicted molar refractivity (Wildman–Crippen MR) is 76.4 cm³/mol. The van der Waals surface area contributed by atoms with Crippen LogP contribution >= 0.6 is 0 Å². The zero-order valence-corrected chi connectivity index (χ0v) is 11.7. The molecule has 0 saturated heterocycles. The Kier molecular flexibility index (Phi) is 6.35. The lowest BCUT2D eigenvalue weighted by Crippen LogP contribution is -2.48.